The van der Waals surface area contributed by atoms with E-state index in [0.717, 1.165) is 0 Å². The lowest BCUT2D eigenvalue weighted by Crippen LogP contribution is -2.30. The van der Waals surface area contributed by atoms with Crippen molar-refractivity contribution in [1.29, 1.82) is 0 Å². The number of hydrogen-bond acceptors (Lipinski definition) is 4. The number of rotatable bonds is 7. The molecule has 0 atom stereocenters. The molecule has 1 amide bonds. The summed E-state index contributed by atoms with van der Waals surface area (Å²) in [6.07, 6.45) is 0. The first-order valence-electron chi connectivity index (χ1n) is 7.97. The van der Waals surface area contributed by atoms with Crippen LogP contribution in [-0.4, -0.2) is 39.4 Å². The van der Waals surface area contributed by atoms with E-state index in [1.54, 1.807) is 36.3 Å². The van der Waals surface area contributed by atoms with Gasteiger partial charge >= 0.3 is 0 Å². The van der Waals surface area contributed by atoms with E-state index in [4.69, 9.17) is 4.74 Å². The highest BCUT2D eigenvalue weighted by atomic mass is 32.2. The van der Waals surface area contributed by atoms with E-state index in [1.165, 1.54) is 24.3 Å². The highest BCUT2D eigenvalue weighted by Gasteiger charge is 2.17. The summed E-state index contributed by atoms with van der Waals surface area (Å²) in [6, 6.07) is 12.5. The van der Waals surface area contributed by atoms with Crippen molar-refractivity contribution in [2.24, 2.45) is 0 Å². The lowest BCUT2D eigenvalue weighted by molar-refractivity contribution is 0.0773. The van der Waals surface area contributed by atoms with Crippen LogP contribution in [0.15, 0.2) is 53.4 Å². The molecule has 0 aliphatic rings. The van der Waals surface area contributed by atoms with Crippen LogP contribution < -0.4 is 9.46 Å². The summed E-state index contributed by atoms with van der Waals surface area (Å²) in [5, 5.41) is 0. The molecule has 0 aliphatic heterocycles. The zero-order valence-electron chi connectivity index (χ0n) is 14.5. The molecule has 0 fully saturated rings. The van der Waals surface area contributed by atoms with Crippen molar-refractivity contribution in [2.45, 2.75) is 18.7 Å². The Labute approximate surface area is 148 Å². The molecule has 0 aromatic heterocycles. The van der Waals surface area contributed by atoms with E-state index in [1.807, 2.05) is 13.8 Å². The number of ether oxygens (including phenoxy) is 1. The Balaban J connectivity index is 2.18. The molecule has 0 radical (unpaired) electrons. The van der Waals surface area contributed by atoms with Gasteiger partial charge in [0.25, 0.3) is 15.9 Å². The maximum absolute atomic E-state index is 12.4. The average molecular weight is 362 g/mol. The fourth-order valence-corrected chi connectivity index (χ4v) is 3.40. The summed E-state index contributed by atoms with van der Waals surface area (Å²) in [4.78, 5) is 14.0. The second kappa shape index (κ2) is 8.02. The molecule has 2 aromatic rings. The summed E-state index contributed by atoms with van der Waals surface area (Å²) in [5.41, 5.74) is 0.899. The molecule has 0 aliphatic carbocycles. The maximum Gasteiger partial charge on any atom is 0.261 e. The van der Waals surface area contributed by atoms with Crippen molar-refractivity contribution in [3.05, 3.63) is 54.1 Å². The van der Waals surface area contributed by atoms with Gasteiger partial charge in [-0.25, -0.2) is 8.42 Å². The Kier molecular flexibility index (Phi) is 6.03. The quantitative estimate of drug-likeness (QED) is 0.822. The summed E-state index contributed by atoms with van der Waals surface area (Å²) in [6.45, 7) is 5.01. The molecule has 1 N–H and O–H groups in total. The Morgan fingerprint density at radius 2 is 1.56 bits per heavy atom. The molecule has 0 spiro atoms. The average Bonchev–Trinajstić information content (AvgIpc) is 2.63. The lowest BCUT2D eigenvalue weighted by atomic mass is 10.2. The van der Waals surface area contributed by atoms with E-state index in [2.05, 4.69) is 4.72 Å². The van der Waals surface area contributed by atoms with Gasteiger partial charge in [0.05, 0.1) is 12.0 Å². The van der Waals surface area contributed by atoms with Crippen molar-refractivity contribution in [3.8, 4) is 5.75 Å². The molecular weight excluding hydrogens is 340 g/mol. The molecule has 0 saturated heterocycles. The van der Waals surface area contributed by atoms with Gasteiger partial charge in [-0.05, 0) is 62.4 Å². The van der Waals surface area contributed by atoms with Crippen molar-refractivity contribution in [3.63, 3.8) is 0 Å². The van der Waals surface area contributed by atoms with Gasteiger partial charge in [0, 0.05) is 24.3 Å². The van der Waals surface area contributed by atoms with Crippen molar-refractivity contribution >= 4 is 21.6 Å². The Hall–Kier alpha value is -2.54. The molecule has 7 heteroatoms. The zero-order valence-corrected chi connectivity index (χ0v) is 15.3. The normalized spacial score (nSPS) is 11.0. The van der Waals surface area contributed by atoms with Gasteiger partial charge in [-0.15, -0.1) is 0 Å². The van der Waals surface area contributed by atoms with Crippen LogP contribution in [0.3, 0.4) is 0 Å². The van der Waals surface area contributed by atoms with Gasteiger partial charge in [-0.3, -0.25) is 9.52 Å². The molecule has 6 nitrogen and oxygen atoms in total. The third kappa shape index (κ3) is 4.51. The number of benzene rings is 2. The topological polar surface area (TPSA) is 75.7 Å². The minimum atomic E-state index is -3.72. The van der Waals surface area contributed by atoms with Crippen LogP contribution in [0.25, 0.3) is 0 Å². The molecule has 0 heterocycles. The van der Waals surface area contributed by atoms with Crippen molar-refractivity contribution in [1.82, 2.24) is 4.90 Å². The molecule has 2 rings (SSSR count). The summed E-state index contributed by atoms with van der Waals surface area (Å²) in [5.74, 6) is 0.527. The molecule has 25 heavy (non-hydrogen) atoms. The number of anilines is 1. The predicted molar refractivity (Wildman–Crippen MR) is 97.5 cm³/mol. The molecule has 0 unspecified atom stereocenters. The Bertz CT molecular complexity index is 811. The van der Waals surface area contributed by atoms with Crippen LogP contribution in [-0.2, 0) is 10.0 Å². The zero-order chi connectivity index (χ0) is 18.4. The number of carbonyl (C=O) groups is 1. The van der Waals surface area contributed by atoms with Crippen LogP contribution in [0.2, 0.25) is 0 Å². The highest BCUT2D eigenvalue weighted by Crippen LogP contribution is 2.20. The van der Waals surface area contributed by atoms with Crippen LogP contribution in [0.1, 0.15) is 24.2 Å². The molecule has 0 saturated carbocycles. The van der Waals surface area contributed by atoms with Crippen molar-refractivity contribution in [2.75, 3.05) is 24.9 Å². The summed E-state index contributed by atoms with van der Waals surface area (Å²) in [7, 11) is -2.18. The number of nitrogens with zero attached hydrogens (tertiary/aromatic N) is 1. The number of nitrogens with one attached hydrogen (secondary N) is 1. The van der Waals surface area contributed by atoms with Crippen LogP contribution in [0, 0.1) is 0 Å². The Morgan fingerprint density at radius 1 is 1.00 bits per heavy atom. The highest BCUT2D eigenvalue weighted by molar-refractivity contribution is 7.92. The number of hydrogen-bond donors (Lipinski definition) is 1. The van der Waals surface area contributed by atoms with E-state index in [-0.39, 0.29) is 10.8 Å². The van der Waals surface area contributed by atoms with Gasteiger partial charge in [0.15, 0.2) is 0 Å². The molecule has 0 bridgehead atoms. The second-order valence-corrected chi connectivity index (χ2v) is 7.02. The van der Waals surface area contributed by atoms with E-state index >= 15 is 0 Å². The first-order valence-corrected chi connectivity index (χ1v) is 9.45. The van der Waals surface area contributed by atoms with Gasteiger partial charge in [0.2, 0.25) is 0 Å². The van der Waals surface area contributed by atoms with Crippen molar-refractivity contribution < 1.29 is 17.9 Å². The third-order valence-electron chi connectivity index (χ3n) is 3.80. The first-order chi connectivity index (χ1) is 11.9. The lowest BCUT2D eigenvalue weighted by Gasteiger charge is -2.18. The molecule has 134 valence electrons. The monoisotopic (exact) mass is 362 g/mol. The number of methoxy groups -OCH3 is 1. The van der Waals surface area contributed by atoms with Crippen LogP contribution in [0.5, 0.6) is 5.75 Å². The minimum absolute atomic E-state index is 0.0967. The van der Waals surface area contributed by atoms with E-state index in [0.29, 0.717) is 30.1 Å². The summed E-state index contributed by atoms with van der Waals surface area (Å²) < 4.78 is 32.4. The predicted octanol–water partition coefficient (Wildman–Crippen LogP) is 2.98. The minimum Gasteiger partial charge on any atom is -0.497 e. The molecule has 2 aromatic carbocycles. The van der Waals surface area contributed by atoms with Gasteiger partial charge in [-0.2, -0.15) is 0 Å². The third-order valence-corrected chi connectivity index (χ3v) is 5.20. The largest absolute Gasteiger partial charge is 0.497 e. The second-order valence-electron chi connectivity index (χ2n) is 5.34. The SMILES string of the molecule is CCN(CC)C(=O)c1ccc(S(=O)(=O)Nc2ccc(OC)cc2)cc1. The maximum atomic E-state index is 12.4. The Morgan fingerprint density at radius 3 is 2.04 bits per heavy atom. The first kappa shape index (κ1) is 18.8. The van der Waals surface area contributed by atoms with E-state index < -0.39 is 10.0 Å². The van der Waals surface area contributed by atoms with Crippen LogP contribution >= 0.6 is 0 Å². The van der Waals surface area contributed by atoms with Gasteiger partial charge in [0.1, 0.15) is 5.75 Å². The smallest absolute Gasteiger partial charge is 0.261 e. The fraction of sp³-hybridized carbons (Fsp3) is 0.278. The van der Waals surface area contributed by atoms with Gasteiger partial charge in [-0.1, -0.05) is 0 Å². The number of carbonyl (C=O) groups excluding carboxylic acids is 1. The summed E-state index contributed by atoms with van der Waals surface area (Å²) >= 11 is 0. The standard InChI is InChI=1S/C18H22N2O4S/c1-4-20(5-2)18(21)14-6-12-17(13-7-14)25(22,23)19-15-8-10-16(24-3)11-9-15/h6-13,19H,4-5H2,1-3H3. The number of amides is 1. The van der Waals surface area contributed by atoms with Crippen LogP contribution in [0.4, 0.5) is 5.69 Å². The number of sulfonamides is 1. The fourth-order valence-electron chi connectivity index (χ4n) is 2.34. The molecular formula is C18H22N2O4S. The van der Waals surface area contributed by atoms with Gasteiger partial charge < -0.3 is 9.64 Å². The van der Waals surface area contributed by atoms with E-state index in [9.17, 15) is 13.2 Å².